The Morgan fingerprint density at radius 3 is 2.22 bits per heavy atom. The van der Waals surface area contributed by atoms with Gasteiger partial charge in [-0.1, -0.05) is 64.8 Å². The molecule has 0 spiro atoms. The molecule has 1 heterocycles. The third-order valence-electron chi connectivity index (χ3n) is 4.59. The first-order valence-corrected chi connectivity index (χ1v) is 8.45. The smallest absolute Gasteiger partial charge is 0.319 e. The van der Waals surface area contributed by atoms with Crippen LogP contribution in [-0.4, -0.2) is 23.4 Å². The number of carbonyl (C=O) groups excluding carboxylic acids is 2. The van der Waals surface area contributed by atoms with Crippen molar-refractivity contribution in [3.63, 3.8) is 0 Å². The summed E-state index contributed by atoms with van der Waals surface area (Å²) in [6.45, 7) is 10.9. The number of urea groups is 1. The van der Waals surface area contributed by atoms with Gasteiger partial charge in [-0.2, -0.15) is 0 Å². The van der Waals surface area contributed by atoms with Gasteiger partial charge >= 0.3 is 6.03 Å². The Kier molecular flexibility index (Phi) is 4.83. The van der Waals surface area contributed by atoms with Crippen LogP contribution in [0.5, 0.6) is 0 Å². The van der Waals surface area contributed by atoms with E-state index in [-0.39, 0.29) is 17.4 Å². The number of rotatable bonds is 5. The fraction of sp³-hybridized carbons (Fsp3) is 0.579. The van der Waals surface area contributed by atoms with Gasteiger partial charge in [0.25, 0.3) is 5.91 Å². The average molecular weight is 316 g/mol. The quantitative estimate of drug-likeness (QED) is 0.660. The molecule has 1 fully saturated rings. The number of imide groups is 1. The van der Waals surface area contributed by atoms with Crippen LogP contribution in [0.3, 0.4) is 0 Å². The van der Waals surface area contributed by atoms with Gasteiger partial charge in [0.15, 0.2) is 0 Å². The van der Waals surface area contributed by atoms with Crippen LogP contribution in [0.25, 0.3) is 0 Å². The second kappa shape index (κ2) is 6.34. The van der Waals surface area contributed by atoms with Crippen molar-refractivity contribution in [3.05, 3.63) is 35.4 Å². The first kappa shape index (κ1) is 17.5. The molecule has 1 atom stereocenters. The molecule has 1 aliphatic heterocycles. The van der Waals surface area contributed by atoms with Crippen molar-refractivity contribution < 1.29 is 9.59 Å². The van der Waals surface area contributed by atoms with Gasteiger partial charge in [0.05, 0.1) is 0 Å². The lowest BCUT2D eigenvalue weighted by Gasteiger charge is -2.24. The molecule has 1 N–H and O–H groups in total. The van der Waals surface area contributed by atoms with E-state index in [2.05, 4.69) is 33.0 Å². The first-order chi connectivity index (χ1) is 10.7. The highest BCUT2D eigenvalue weighted by molar-refractivity contribution is 6.07. The summed E-state index contributed by atoms with van der Waals surface area (Å²) in [6.07, 6.45) is 2.94. The molecule has 4 nitrogen and oxygen atoms in total. The molecule has 23 heavy (non-hydrogen) atoms. The number of nitrogens with zero attached hydrogens (tertiary/aromatic N) is 1. The molecule has 4 heteroatoms. The molecular formula is C19H28N2O2. The summed E-state index contributed by atoms with van der Waals surface area (Å²) in [6, 6.07) is 7.70. The summed E-state index contributed by atoms with van der Waals surface area (Å²) in [5.74, 6) is -0.151. The van der Waals surface area contributed by atoms with Crippen molar-refractivity contribution in [1.29, 1.82) is 0 Å². The number of carbonyl (C=O) groups is 2. The Balaban J connectivity index is 2.21. The minimum absolute atomic E-state index is 0.0640. The number of hydrogen-bond acceptors (Lipinski definition) is 2. The van der Waals surface area contributed by atoms with Crippen LogP contribution in [-0.2, 0) is 15.7 Å². The minimum atomic E-state index is -0.959. The zero-order valence-electron chi connectivity index (χ0n) is 14.9. The Morgan fingerprint density at radius 2 is 1.70 bits per heavy atom. The maximum atomic E-state index is 12.8. The third-order valence-corrected chi connectivity index (χ3v) is 4.59. The molecular weight excluding hydrogens is 288 g/mol. The predicted octanol–water partition coefficient (Wildman–Crippen LogP) is 3.94. The number of nitrogens with one attached hydrogen (secondary N) is 1. The Bertz CT molecular complexity index is 586. The fourth-order valence-electron chi connectivity index (χ4n) is 2.92. The third kappa shape index (κ3) is 3.41. The van der Waals surface area contributed by atoms with Gasteiger partial charge in [-0.05, 0) is 29.9 Å². The molecule has 1 aromatic carbocycles. The summed E-state index contributed by atoms with van der Waals surface area (Å²) in [4.78, 5) is 26.3. The number of unbranched alkanes of at least 4 members (excludes halogenated alkanes) is 2. The second-order valence-corrected chi connectivity index (χ2v) is 7.55. The molecule has 1 aromatic rings. The van der Waals surface area contributed by atoms with Crippen molar-refractivity contribution in [2.75, 3.05) is 6.54 Å². The van der Waals surface area contributed by atoms with Crippen molar-refractivity contribution in [2.45, 2.75) is 64.8 Å². The number of hydrogen-bond donors (Lipinski definition) is 1. The summed E-state index contributed by atoms with van der Waals surface area (Å²) >= 11 is 0. The highest BCUT2D eigenvalue weighted by atomic mass is 16.2. The molecule has 1 saturated heterocycles. The van der Waals surface area contributed by atoms with E-state index in [1.54, 1.807) is 6.92 Å². The normalized spacial score (nSPS) is 21.7. The molecule has 1 aliphatic rings. The highest BCUT2D eigenvalue weighted by Crippen LogP contribution is 2.31. The monoisotopic (exact) mass is 316 g/mol. The lowest BCUT2D eigenvalue weighted by molar-refractivity contribution is -0.131. The van der Waals surface area contributed by atoms with Gasteiger partial charge in [-0.3, -0.25) is 9.69 Å². The molecule has 3 amide bonds. The van der Waals surface area contributed by atoms with E-state index in [1.165, 1.54) is 10.5 Å². The van der Waals surface area contributed by atoms with E-state index < -0.39 is 5.54 Å². The largest absolute Gasteiger partial charge is 0.325 e. The standard InChI is InChI=1S/C19H28N2O2/c1-6-7-8-13-21-16(22)19(5,20-17(21)23)15-11-9-14(10-12-15)18(2,3)4/h9-12H,6-8,13H2,1-5H3,(H,20,23). The molecule has 0 aliphatic carbocycles. The Labute approximate surface area is 139 Å². The molecule has 0 saturated carbocycles. The van der Waals surface area contributed by atoms with Crippen molar-refractivity contribution in [2.24, 2.45) is 0 Å². The van der Waals surface area contributed by atoms with E-state index in [0.29, 0.717) is 6.54 Å². The number of benzene rings is 1. The van der Waals surface area contributed by atoms with Crippen molar-refractivity contribution in [3.8, 4) is 0 Å². The van der Waals surface area contributed by atoms with Gasteiger partial charge in [-0.25, -0.2) is 4.79 Å². The van der Waals surface area contributed by atoms with Crippen molar-refractivity contribution >= 4 is 11.9 Å². The molecule has 0 bridgehead atoms. The second-order valence-electron chi connectivity index (χ2n) is 7.55. The maximum absolute atomic E-state index is 12.8. The maximum Gasteiger partial charge on any atom is 0.325 e. The topological polar surface area (TPSA) is 49.4 Å². The fourth-order valence-corrected chi connectivity index (χ4v) is 2.92. The molecule has 0 radical (unpaired) electrons. The molecule has 126 valence electrons. The van der Waals surface area contributed by atoms with Crippen LogP contribution in [0.1, 0.15) is 65.0 Å². The SMILES string of the molecule is CCCCCN1C(=O)NC(C)(c2ccc(C(C)(C)C)cc2)C1=O. The van der Waals surface area contributed by atoms with Crippen LogP contribution in [0.2, 0.25) is 0 Å². The van der Waals surface area contributed by atoms with Crippen LogP contribution < -0.4 is 5.32 Å². The summed E-state index contributed by atoms with van der Waals surface area (Å²) in [5.41, 5.74) is 1.15. The van der Waals surface area contributed by atoms with Gasteiger partial charge < -0.3 is 5.32 Å². The zero-order chi connectivity index (χ0) is 17.3. The lowest BCUT2D eigenvalue weighted by Crippen LogP contribution is -2.41. The molecule has 1 unspecified atom stereocenters. The molecule has 0 aromatic heterocycles. The molecule has 2 rings (SSSR count). The summed E-state index contributed by atoms with van der Waals surface area (Å²) < 4.78 is 0. The Morgan fingerprint density at radius 1 is 1.09 bits per heavy atom. The van der Waals surface area contributed by atoms with Gasteiger partial charge in [0, 0.05) is 6.54 Å². The number of amides is 3. The van der Waals surface area contributed by atoms with E-state index >= 15 is 0 Å². The van der Waals surface area contributed by atoms with Crippen LogP contribution in [0.4, 0.5) is 4.79 Å². The van der Waals surface area contributed by atoms with E-state index in [1.807, 2.05) is 24.3 Å². The predicted molar refractivity (Wildman–Crippen MR) is 92.3 cm³/mol. The highest BCUT2D eigenvalue weighted by Gasteiger charge is 2.48. The van der Waals surface area contributed by atoms with Crippen LogP contribution in [0, 0.1) is 0 Å². The van der Waals surface area contributed by atoms with E-state index in [9.17, 15) is 9.59 Å². The average Bonchev–Trinajstić information content (AvgIpc) is 2.71. The van der Waals surface area contributed by atoms with Gasteiger partial charge in [0.2, 0.25) is 0 Å². The van der Waals surface area contributed by atoms with Gasteiger partial charge in [-0.15, -0.1) is 0 Å². The first-order valence-electron chi connectivity index (χ1n) is 8.45. The Hall–Kier alpha value is -1.84. The lowest BCUT2D eigenvalue weighted by atomic mass is 9.84. The summed E-state index contributed by atoms with van der Waals surface area (Å²) in [5, 5.41) is 2.87. The minimum Gasteiger partial charge on any atom is -0.319 e. The zero-order valence-corrected chi connectivity index (χ0v) is 14.9. The van der Waals surface area contributed by atoms with Crippen LogP contribution in [0.15, 0.2) is 24.3 Å². The van der Waals surface area contributed by atoms with Crippen molar-refractivity contribution in [1.82, 2.24) is 10.2 Å². The van der Waals surface area contributed by atoms with E-state index in [4.69, 9.17) is 0 Å². The summed E-state index contributed by atoms with van der Waals surface area (Å²) in [7, 11) is 0. The van der Waals surface area contributed by atoms with Gasteiger partial charge in [0.1, 0.15) is 5.54 Å². The van der Waals surface area contributed by atoms with E-state index in [0.717, 1.165) is 24.8 Å². The van der Waals surface area contributed by atoms with Crippen LogP contribution >= 0.6 is 0 Å².